The zero-order valence-corrected chi connectivity index (χ0v) is 12.1. The van der Waals surface area contributed by atoms with Crippen molar-refractivity contribution >= 4 is 16.0 Å². The zero-order chi connectivity index (χ0) is 15.2. The van der Waals surface area contributed by atoms with Crippen LogP contribution < -0.4 is 5.14 Å². The van der Waals surface area contributed by atoms with Gasteiger partial charge in [-0.3, -0.25) is 0 Å². The lowest BCUT2D eigenvalue weighted by molar-refractivity contribution is 0.0387. The SMILES string of the molecule is COCCOC(=O)c1ccc(COC)c(S(N)(=O)=O)c1. The normalized spacial score (nSPS) is 11.3. The van der Waals surface area contributed by atoms with Crippen molar-refractivity contribution in [2.45, 2.75) is 11.5 Å². The van der Waals surface area contributed by atoms with Crippen molar-refractivity contribution in [3.63, 3.8) is 0 Å². The van der Waals surface area contributed by atoms with Crippen molar-refractivity contribution < 1.29 is 27.4 Å². The average Bonchev–Trinajstić information content (AvgIpc) is 2.38. The Labute approximate surface area is 117 Å². The molecular weight excluding hydrogens is 286 g/mol. The van der Waals surface area contributed by atoms with E-state index in [0.29, 0.717) is 5.56 Å². The maximum atomic E-state index is 11.7. The summed E-state index contributed by atoms with van der Waals surface area (Å²) in [6.45, 7) is 0.417. The summed E-state index contributed by atoms with van der Waals surface area (Å²) in [5.41, 5.74) is 0.480. The summed E-state index contributed by atoms with van der Waals surface area (Å²) in [7, 11) is -1.04. The van der Waals surface area contributed by atoms with Gasteiger partial charge in [-0.1, -0.05) is 6.07 Å². The number of sulfonamides is 1. The van der Waals surface area contributed by atoms with Crippen LogP contribution in [0.5, 0.6) is 0 Å². The Hall–Kier alpha value is -1.48. The van der Waals surface area contributed by atoms with E-state index in [1.165, 1.54) is 32.4 Å². The summed E-state index contributed by atoms with van der Waals surface area (Å²) in [4.78, 5) is 11.6. The number of benzene rings is 1. The topological polar surface area (TPSA) is 105 Å². The van der Waals surface area contributed by atoms with E-state index in [1.807, 2.05) is 0 Å². The highest BCUT2D eigenvalue weighted by Crippen LogP contribution is 2.18. The van der Waals surface area contributed by atoms with E-state index in [4.69, 9.17) is 19.3 Å². The molecule has 2 N–H and O–H groups in total. The molecular formula is C12H17NO6S. The third-order valence-electron chi connectivity index (χ3n) is 2.43. The van der Waals surface area contributed by atoms with Crippen LogP contribution in [0, 0.1) is 0 Å². The molecule has 0 aliphatic carbocycles. The molecule has 0 heterocycles. The summed E-state index contributed by atoms with van der Waals surface area (Å²) in [5.74, 6) is -0.643. The van der Waals surface area contributed by atoms with E-state index in [1.54, 1.807) is 0 Å². The van der Waals surface area contributed by atoms with Crippen LogP contribution in [0.3, 0.4) is 0 Å². The fraction of sp³-hybridized carbons (Fsp3) is 0.417. The molecule has 1 aromatic rings. The Balaban J connectivity index is 3.03. The number of carbonyl (C=O) groups is 1. The molecule has 0 spiro atoms. The number of ether oxygens (including phenoxy) is 3. The zero-order valence-electron chi connectivity index (χ0n) is 11.3. The maximum absolute atomic E-state index is 11.7. The van der Waals surface area contributed by atoms with Gasteiger partial charge in [0.05, 0.1) is 23.7 Å². The van der Waals surface area contributed by atoms with Gasteiger partial charge >= 0.3 is 5.97 Å². The highest BCUT2D eigenvalue weighted by Gasteiger charge is 2.17. The number of primary sulfonamides is 1. The smallest absolute Gasteiger partial charge is 0.338 e. The third kappa shape index (κ3) is 4.57. The Morgan fingerprint density at radius 3 is 2.45 bits per heavy atom. The van der Waals surface area contributed by atoms with Crippen molar-refractivity contribution in [1.82, 2.24) is 0 Å². The van der Waals surface area contributed by atoms with E-state index in [9.17, 15) is 13.2 Å². The van der Waals surface area contributed by atoms with Gasteiger partial charge in [-0.05, 0) is 17.7 Å². The highest BCUT2D eigenvalue weighted by atomic mass is 32.2. The Morgan fingerprint density at radius 2 is 1.90 bits per heavy atom. The van der Waals surface area contributed by atoms with Gasteiger partial charge in [0, 0.05) is 14.2 Å². The van der Waals surface area contributed by atoms with Crippen molar-refractivity contribution in [3.05, 3.63) is 29.3 Å². The van der Waals surface area contributed by atoms with Crippen LogP contribution in [-0.2, 0) is 30.8 Å². The summed E-state index contributed by atoms with van der Waals surface area (Å²) in [6.07, 6.45) is 0. The maximum Gasteiger partial charge on any atom is 0.338 e. The van der Waals surface area contributed by atoms with Crippen LogP contribution in [0.2, 0.25) is 0 Å². The number of rotatable bonds is 7. The summed E-state index contributed by atoms with van der Waals surface area (Å²) < 4.78 is 37.6. The molecule has 8 heteroatoms. The van der Waals surface area contributed by atoms with Gasteiger partial charge in [0.2, 0.25) is 10.0 Å². The minimum atomic E-state index is -3.95. The van der Waals surface area contributed by atoms with E-state index in [0.717, 1.165) is 0 Å². The summed E-state index contributed by atoms with van der Waals surface area (Å²) >= 11 is 0. The molecule has 7 nitrogen and oxygen atoms in total. The molecule has 0 saturated carbocycles. The van der Waals surface area contributed by atoms with E-state index in [-0.39, 0.29) is 30.3 Å². The van der Waals surface area contributed by atoms with Gasteiger partial charge in [-0.2, -0.15) is 0 Å². The van der Waals surface area contributed by atoms with Crippen LogP contribution in [0.4, 0.5) is 0 Å². The largest absolute Gasteiger partial charge is 0.460 e. The summed E-state index contributed by atoms with van der Waals surface area (Å²) in [6, 6.07) is 4.10. The Bertz CT molecular complexity index is 569. The molecule has 0 bridgehead atoms. The predicted molar refractivity (Wildman–Crippen MR) is 70.7 cm³/mol. The molecule has 0 aromatic heterocycles. The molecule has 1 rings (SSSR count). The molecule has 1 aromatic carbocycles. The van der Waals surface area contributed by atoms with Crippen LogP contribution in [-0.4, -0.2) is 41.8 Å². The van der Waals surface area contributed by atoms with Gasteiger partial charge in [-0.15, -0.1) is 0 Å². The molecule has 0 fully saturated rings. The molecule has 0 atom stereocenters. The molecule has 0 saturated heterocycles. The highest BCUT2D eigenvalue weighted by molar-refractivity contribution is 7.89. The molecule has 20 heavy (non-hydrogen) atoms. The van der Waals surface area contributed by atoms with Crippen molar-refractivity contribution in [3.8, 4) is 0 Å². The standard InChI is InChI=1S/C12H17NO6S/c1-17-5-6-19-12(14)9-3-4-10(8-18-2)11(7-9)20(13,15)16/h3-4,7H,5-6,8H2,1-2H3,(H2,13,15,16). The minimum Gasteiger partial charge on any atom is -0.460 e. The molecule has 0 unspecified atom stereocenters. The van der Waals surface area contributed by atoms with Crippen molar-refractivity contribution in [2.24, 2.45) is 5.14 Å². The molecule has 0 aliphatic rings. The van der Waals surface area contributed by atoms with Crippen LogP contribution in [0.25, 0.3) is 0 Å². The number of carbonyl (C=O) groups excluding carboxylic acids is 1. The quantitative estimate of drug-likeness (QED) is 0.573. The van der Waals surface area contributed by atoms with Crippen molar-refractivity contribution in [1.29, 1.82) is 0 Å². The second-order valence-electron chi connectivity index (χ2n) is 3.93. The molecule has 0 radical (unpaired) electrons. The van der Waals surface area contributed by atoms with Gasteiger partial charge < -0.3 is 14.2 Å². The summed E-state index contributed by atoms with van der Waals surface area (Å²) in [5, 5.41) is 5.12. The van der Waals surface area contributed by atoms with Gasteiger partial charge in [0.25, 0.3) is 0 Å². The van der Waals surface area contributed by atoms with E-state index in [2.05, 4.69) is 0 Å². The van der Waals surface area contributed by atoms with Crippen LogP contribution >= 0.6 is 0 Å². The first-order valence-electron chi connectivity index (χ1n) is 5.71. The fourth-order valence-corrected chi connectivity index (χ4v) is 2.31. The molecule has 0 aliphatic heterocycles. The average molecular weight is 303 g/mol. The lowest BCUT2D eigenvalue weighted by Gasteiger charge is -2.09. The fourth-order valence-electron chi connectivity index (χ4n) is 1.52. The number of nitrogens with two attached hydrogens (primary N) is 1. The van der Waals surface area contributed by atoms with E-state index >= 15 is 0 Å². The lowest BCUT2D eigenvalue weighted by Crippen LogP contribution is -2.17. The second kappa shape index (κ2) is 7.34. The first-order chi connectivity index (χ1) is 9.40. The van der Waals surface area contributed by atoms with Gasteiger partial charge in [0.1, 0.15) is 6.61 Å². The molecule has 0 amide bonds. The first-order valence-corrected chi connectivity index (χ1v) is 7.25. The van der Waals surface area contributed by atoms with Crippen LogP contribution in [0.1, 0.15) is 15.9 Å². The van der Waals surface area contributed by atoms with Crippen molar-refractivity contribution in [2.75, 3.05) is 27.4 Å². The number of esters is 1. The lowest BCUT2D eigenvalue weighted by atomic mass is 10.1. The van der Waals surface area contributed by atoms with E-state index < -0.39 is 16.0 Å². The van der Waals surface area contributed by atoms with Crippen LogP contribution in [0.15, 0.2) is 23.1 Å². The number of methoxy groups -OCH3 is 2. The van der Waals surface area contributed by atoms with Gasteiger partial charge in [-0.25, -0.2) is 18.4 Å². The predicted octanol–water partition coefficient (Wildman–Crippen LogP) is 0.284. The Kier molecular flexibility index (Phi) is 6.08. The molecule has 112 valence electrons. The Morgan fingerprint density at radius 1 is 1.20 bits per heavy atom. The number of hydrogen-bond donors (Lipinski definition) is 1. The van der Waals surface area contributed by atoms with Gasteiger partial charge in [0.15, 0.2) is 0 Å². The minimum absolute atomic E-state index is 0.0742. The number of hydrogen-bond acceptors (Lipinski definition) is 6. The third-order valence-corrected chi connectivity index (χ3v) is 3.42. The second-order valence-corrected chi connectivity index (χ2v) is 5.46. The monoisotopic (exact) mass is 303 g/mol. The first kappa shape index (κ1) is 16.6.